The highest BCUT2D eigenvalue weighted by molar-refractivity contribution is 7.86. The van der Waals surface area contributed by atoms with Crippen molar-refractivity contribution in [2.24, 2.45) is 0 Å². The summed E-state index contributed by atoms with van der Waals surface area (Å²) in [6.45, 7) is 1.71. The minimum Gasteiger partial charge on any atom is -0.355 e. The van der Waals surface area contributed by atoms with Crippen molar-refractivity contribution >= 4 is 27.8 Å². The Bertz CT molecular complexity index is 965. The first-order valence-electron chi connectivity index (χ1n) is 8.68. The van der Waals surface area contributed by atoms with E-state index in [9.17, 15) is 18.0 Å². The van der Waals surface area contributed by atoms with E-state index in [1.165, 1.54) is 11.1 Å². The highest BCUT2D eigenvalue weighted by Gasteiger charge is 2.24. The molecule has 0 aromatic carbocycles. The molecular formula is C18H20N4O5S. The topological polar surface area (TPSA) is 110 Å². The lowest BCUT2D eigenvalue weighted by molar-refractivity contribution is 0.103. The van der Waals surface area contributed by atoms with Crippen LogP contribution in [0.2, 0.25) is 0 Å². The highest BCUT2D eigenvalue weighted by Crippen LogP contribution is 2.17. The quantitative estimate of drug-likeness (QED) is 0.554. The monoisotopic (exact) mass is 404 g/mol. The van der Waals surface area contributed by atoms with Gasteiger partial charge < -0.3 is 14.0 Å². The number of ketones is 1. The molecule has 2 aromatic rings. The van der Waals surface area contributed by atoms with Crippen LogP contribution in [0.15, 0.2) is 42.7 Å². The summed E-state index contributed by atoms with van der Waals surface area (Å²) in [6.07, 6.45) is 3.66. The number of carbonyl (C=O) groups is 2. The van der Waals surface area contributed by atoms with Gasteiger partial charge >= 0.3 is 16.2 Å². The zero-order chi connectivity index (χ0) is 20.1. The fraction of sp³-hybridized carbons (Fsp3) is 0.333. The number of hydrogen-bond acceptors (Lipinski definition) is 8. The molecule has 9 nitrogen and oxygen atoms in total. The molecule has 0 radical (unpaired) electrons. The van der Waals surface area contributed by atoms with Gasteiger partial charge in [0.05, 0.1) is 6.26 Å². The number of anilines is 1. The maximum atomic E-state index is 12.6. The summed E-state index contributed by atoms with van der Waals surface area (Å²) >= 11 is 0. The third-order valence-corrected chi connectivity index (χ3v) is 4.64. The second kappa shape index (κ2) is 8.34. The van der Waals surface area contributed by atoms with Crippen LogP contribution in [0.3, 0.4) is 0 Å². The molecule has 0 unspecified atom stereocenters. The Morgan fingerprint density at radius 3 is 2.61 bits per heavy atom. The molecule has 0 aliphatic carbocycles. The van der Waals surface area contributed by atoms with E-state index in [1.807, 2.05) is 4.90 Å². The van der Waals surface area contributed by atoms with Crippen molar-refractivity contribution in [3.8, 4) is 0 Å². The van der Waals surface area contributed by atoms with E-state index in [4.69, 9.17) is 0 Å². The third-order valence-electron chi connectivity index (χ3n) is 4.19. The molecular weight excluding hydrogens is 384 g/mol. The van der Waals surface area contributed by atoms with Crippen LogP contribution in [0.1, 0.15) is 22.5 Å². The molecule has 3 heterocycles. The van der Waals surface area contributed by atoms with Gasteiger partial charge in [-0.05, 0) is 30.7 Å². The van der Waals surface area contributed by atoms with Crippen LogP contribution in [0.5, 0.6) is 0 Å². The van der Waals surface area contributed by atoms with Gasteiger partial charge in [-0.2, -0.15) is 8.42 Å². The van der Waals surface area contributed by atoms with E-state index in [0.717, 1.165) is 6.26 Å². The van der Waals surface area contributed by atoms with Crippen LogP contribution in [-0.4, -0.2) is 67.6 Å². The summed E-state index contributed by atoms with van der Waals surface area (Å²) in [4.78, 5) is 36.2. The lowest BCUT2D eigenvalue weighted by Gasteiger charge is -2.22. The summed E-state index contributed by atoms with van der Waals surface area (Å²) < 4.78 is 26.7. The SMILES string of the molecule is CS(=O)(=O)OC(=O)N1CCCN(c2cccc(C(=O)c3cccnc3)n2)CC1. The van der Waals surface area contributed by atoms with Crippen molar-refractivity contribution in [1.29, 1.82) is 0 Å². The smallest absolute Gasteiger partial charge is 0.355 e. The lowest BCUT2D eigenvalue weighted by Crippen LogP contribution is -2.36. The third kappa shape index (κ3) is 5.03. The van der Waals surface area contributed by atoms with Crippen molar-refractivity contribution in [2.45, 2.75) is 6.42 Å². The van der Waals surface area contributed by atoms with Gasteiger partial charge in [0.2, 0.25) is 5.78 Å². The van der Waals surface area contributed by atoms with Gasteiger partial charge in [-0.3, -0.25) is 9.78 Å². The number of rotatable bonds is 4. The van der Waals surface area contributed by atoms with E-state index in [-0.39, 0.29) is 12.3 Å². The van der Waals surface area contributed by atoms with Gasteiger partial charge in [-0.25, -0.2) is 9.78 Å². The molecule has 28 heavy (non-hydrogen) atoms. The van der Waals surface area contributed by atoms with E-state index < -0.39 is 16.2 Å². The molecule has 1 aliphatic rings. The van der Waals surface area contributed by atoms with Crippen molar-refractivity contribution in [3.63, 3.8) is 0 Å². The fourth-order valence-electron chi connectivity index (χ4n) is 2.88. The molecule has 0 atom stereocenters. The first-order chi connectivity index (χ1) is 13.3. The van der Waals surface area contributed by atoms with Gasteiger partial charge in [0.1, 0.15) is 11.5 Å². The molecule has 0 saturated carbocycles. The Hall–Kier alpha value is -3.01. The highest BCUT2D eigenvalue weighted by atomic mass is 32.2. The van der Waals surface area contributed by atoms with Crippen LogP contribution in [-0.2, 0) is 14.3 Å². The molecule has 10 heteroatoms. The first-order valence-corrected chi connectivity index (χ1v) is 10.5. The molecule has 1 amide bonds. The zero-order valence-electron chi connectivity index (χ0n) is 15.3. The maximum Gasteiger partial charge on any atom is 0.425 e. The van der Waals surface area contributed by atoms with Gasteiger partial charge in [0, 0.05) is 44.1 Å². The predicted octanol–water partition coefficient (Wildman–Crippen LogP) is 1.32. The zero-order valence-corrected chi connectivity index (χ0v) is 16.1. The summed E-state index contributed by atoms with van der Waals surface area (Å²) in [6, 6.07) is 8.57. The Labute approximate surface area is 163 Å². The van der Waals surface area contributed by atoms with Crippen molar-refractivity contribution in [2.75, 3.05) is 37.3 Å². The standard InChI is InChI=1S/C18H20N4O5S/c1-28(25,26)27-18(24)22-10-4-9-21(11-12-22)16-7-2-6-15(20-16)17(23)14-5-3-8-19-13-14/h2-3,5-8,13H,4,9-12H2,1H3. The second-order valence-corrected chi connectivity index (χ2v) is 7.91. The minimum absolute atomic E-state index is 0.219. The molecule has 2 aromatic heterocycles. The maximum absolute atomic E-state index is 12.6. The second-order valence-electron chi connectivity index (χ2n) is 6.33. The molecule has 0 spiro atoms. The minimum atomic E-state index is -3.85. The molecule has 0 bridgehead atoms. The number of amides is 1. The Balaban J connectivity index is 1.71. The molecule has 1 aliphatic heterocycles. The number of aromatic nitrogens is 2. The Morgan fingerprint density at radius 1 is 1.07 bits per heavy atom. The number of nitrogens with zero attached hydrogens (tertiary/aromatic N) is 4. The molecule has 1 fully saturated rings. The number of pyridine rings is 2. The van der Waals surface area contributed by atoms with E-state index >= 15 is 0 Å². The molecule has 0 N–H and O–H groups in total. The molecule has 3 rings (SSSR count). The summed E-state index contributed by atoms with van der Waals surface area (Å²) in [5.74, 6) is 0.399. The molecule has 148 valence electrons. The largest absolute Gasteiger partial charge is 0.425 e. The van der Waals surface area contributed by atoms with E-state index in [2.05, 4.69) is 14.2 Å². The normalized spacial score (nSPS) is 15.0. The first kappa shape index (κ1) is 19.7. The number of hydrogen-bond donors (Lipinski definition) is 0. The van der Waals surface area contributed by atoms with Gasteiger partial charge in [0.15, 0.2) is 0 Å². The van der Waals surface area contributed by atoms with Crippen LogP contribution in [0, 0.1) is 0 Å². The van der Waals surface area contributed by atoms with Gasteiger partial charge in [0.25, 0.3) is 0 Å². The van der Waals surface area contributed by atoms with E-state index in [1.54, 1.807) is 36.5 Å². The number of carbonyl (C=O) groups excluding carboxylic acids is 2. The average molecular weight is 404 g/mol. The Kier molecular flexibility index (Phi) is 5.88. The predicted molar refractivity (Wildman–Crippen MR) is 102 cm³/mol. The van der Waals surface area contributed by atoms with Crippen LogP contribution in [0.4, 0.5) is 10.6 Å². The van der Waals surface area contributed by atoms with Gasteiger partial charge in [-0.15, -0.1) is 0 Å². The summed E-state index contributed by atoms with van der Waals surface area (Å²) in [5, 5.41) is 0. The van der Waals surface area contributed by atoms with Crippen molar-refractivity contribution in [3.05, 3.63) is 54.0 Å². The summed E-state index contributed by atoms with van der Waals surface area (Å²) in [5.41, 5.74) is 0.765. The van der Waals surface area contributed by atoms with Crippen LogP contribution < -0.4 is 4.90 Å². The van der Waals surface area contributed by atoms with Crippen LogP contribution in [0.25, 0.3) is 0 Å². The lowest BCUT2D eigenvalue weighted by atomic mass is 10.1. The van der Waals surface area contributed by atoms with Crippen LogP contribution >= 0.6 is 0 Å². The summed E-state index contributed by atoms with van der Waals surface area (Å²) in [7, 11) is -3.85. The fourth-order valence-corrected chi connectivity index (χ4v) is 3.25. The van der Waals surface area contributed by atoms with Crippen molar-refractivity contribution in [1.82, 2.24) is 14.9 Å². The van der Waals surface area contributed by atoms with E-state index in [0.29, 0.717) is 43.1 Å². The molecule has 1 saturated heterocycles. The Morgan fingerprint density at radius 2 is 1.89 bits per heavy atom. The van der Waals surface area contributed by atoms with Crippen molar-refractivity contribution < 1.29 is 22.2 Å². The van der Waals surface area contributed by atoms with Gasteiger partial charge in [-0.1, -0.05) is 6.07 Å². The average Bonchev–Trinajstić information content (AvgIpc) is 2.93.